The molecular formula is C8H9ClO2. The van der Waals surface area contributed by atoms with E-state index in [0.717, 1.165) is 5.56 Å². The molecule has 60 valence electrons. The molecule has 0 amide bonds. The molecule has 0 radical (unpaired) electrons. The van der Waals surface area contributed by atoms with Gasteiger partial charge >= 0.3 is 0 Å². The van der Waals surface area contributed by atoms with Crippen LogP contribution in [-0.4, -0.2) is 10.2 Å². The maximum absolute atomic E-state index is 9.20. The third-order valence-electron chi connectivity index (χ3n) is 1.53. The summed E-state index contributed by atoms with van der Waals surface area (Å²) in [5.74, 6) is 0.00997. The van der Waals surface area contributed by atoms with E-state index in [2.05, 4.69) is 0 Å². The number of benzene rings is 1. The largest absolute Gasteiger partial charge is 0.508 e. The van der Waals surface area contributed by atoms with Crippen LogP contribution in [0, 0.1) is 0 Å². The van der Waals surface area contributed by atoms with Crippen LogP contribution in [0.3, 0.4) is 0 Å². The summed E-state index contributed by atoms with van der Waals surface area (Å²) in [4.78, 5) is 0. The van der Waals surface area contributed by atoms with E-state index in [0.29, 0.717) is 6.42 Å². The molecule has 0 aliphatic carbocycles. The van der Waals surface area contributed by atoms with Gasteiger partial charge in [-0.2, -0.15) is 0 Å². The minimum Gasteiger partial charge on any atom is -0.508 e. The number of aromatic hydroxyl groups is 2. The van der Waals surface area contributed by atoms with Crippen LogP contribution in [0.5, 0.6) is 11.5 Å². The average Bonchev–Trinajstić information content (AvgIpc) is 1.97. The normalized spacial score (nSPS) is 10.0. The number of hydrogen-bond acceptors (Lipinski definition) is 2. The van der Waals surface area contributed by atoms with Crippen molar-refractivity contribution in [3.8, 4) is 11.5 Å². The number of hydrogen-bond donors (Lipinski definition) is 2. The summed E-state index contributed by atoms with van der Waals surface area (Å²) in [5, 5.41) is 18.5. The second-order valence-electron chi connectivity index (χ2n) is 2.29. The van der Waals surface area contributed by atoms with Gasteiger partial charge in [0.2, 0.25) is 0 Å². The molecule has 0 saturated heterocycles. The van der Waals surface area contributed by atoms with Crippen molar-refractivity contribution in [3.63, 3.8) is 0 Å². The molecule has 0 atom stereocenters. The van der Waals surface area contributed by atoms with Crippen LogP contribution in [0.2, 0.25) is 5.02 Å². The van der Waals surface area contributed by atoms with Crippen molar-refractivity contribution in [2.24, 2.45) is 0 Å². The first-order chi connectivity index (χ1) is 5.15. The van der Waals surface area contributed by atoms with E-state index in [1.807, 2.05) is 6.92 Å². The van der Waals surface area contributed by atoms with E-state index in [9.17, 15) is 5.11 Å². The lowest BCUT2D eigenvalue weighted by Crippen LogP contribution is -1.81. The van der Waals surface area contributed by atoms with E-state index in [1.165, 1.54) is 6.07 Å². The molecule has 0 fully saturated rings. The van der Waals surface area contributed by atoms with Crippen LogP contribution in [0.25, 0.3) is 0 Å². The SMILES string of the molecule is CCc1cc(Cl)c(O)cc1O. The smallest absolute Gasteiger partial charge is 0.137 e. The number of phenolic OH excluding ortho intramolecular Hbond substituents is 2. The third kappa shape index (κ3) is 1.57. The monoisotopic (exact) mass is 172 g/mol. The molecule has 1 aromatic rings. The Labute approximate surface area is 70.1 Å². The third-order valence-corrected chi connectivity index (χ3v) is 1.83. The Morgan fingerprint density at radius 2 is 1.91 bits per heavy atom. The Morgan fingerprint density at radius 3 is 2.45 bits per heavy atom. The van der Waals surface area contributed by atoms with Crippen molar-refractivity contribution < 1.29 is 10.2 Å². The van der Waals surface area contributed by atoms with Gasteiger partial charge in [0.1, 0.15) is 11.5 Å². The summed E-state index contributed by atoms with van der Waals surface area (Å²) in [6.07, 6.45) is 0.700. The van der Waals surface area contributed by atoms with Gasteiger partial charge in [0.15, 0.2) is 0 Å². The first kappa shape index (κ1) is 8.21. The standard InChI is InChI=1S/C8H9ClO2/c1-2-5-3-6(9)8(11)4-7(5)10/h3-4,10-11H,2H2,1H3. The minimum atomic E-state index is -0.0821. The van der Waals surface area contributed by atoms with Gasteiger partial charge < -0.3 is 10.2 Å². The number of aryl methyl sites for hydroxylation is 1. The zero-order valence-electron chi connectivity index (χ0n) is 6.13. The molecule has 1 rings (SSSR count). The Bertz CT molecular complexity index is 271. The van der Waals surface area contributed by atoms with Gasteiger partial charge in [-0.25, -0.2) is 0 Å². The van der Waals surface area contributed by atoms with Crippen molar-refractivity contribution in [2.75, 3.05) is 0 Å². The summed E-state index contributed by atoms with van der Waals surface area (Å²) in [6.45, 7) is 1.91. The molecule has 0 heterocycles. The van der Waals surface area contributed by atoms with Crippen LogP contribution in [0.1, 0.15) is 12.5 Å². The van der Waals surface area contributed by atoms with Gasteiger partial charge in [0, 0.05) is 6.07 Å². The molecule has 0 aliphatic rings. The Hall–Kier alpha value is -0.890. The fourth-order valence-electron chi connectivity index (χ4n) is 0.875. The first-order valence-electron chi connectivity index (χ1n) is 3.35. The summed E-state index contributed by atoms with van der Waals surface area (Å²) in [6, 6.07) is 2.81. The topological polar surface area (TPSA) is 40.5 Å². The second-order valence-corrected chi connectivity index (χ2v) is 2.69. The van der Waals surface area contributed by atoms with Crippen molar-refractivity contribution >= 4 is 11.6 Å². The summed E-state index contributed by atoms with van der Waals surface area (Å²) >= 11 is 5.60. The van der Waals surface area contributed by atoms with Gasteiger partial charge in [-0.1, -0.05) is 18.5 Å². The molecule has 0 bridgehead atoms. The highest BCUT2D eigenvalue weighted by Gasteiger charge is 2.04. The van der Waals surface area contributed by atoms with Crippen LogP contribution in [-0.2, 0) is 6.42 Å². The molecule has 2 nitrogen and oxygen atoms in total. The predicted octanol–water partition coefficient (Wildman–Crippen LogP) is 2.31. The van der Waals surface area contributed by atoms with Crippen LogP contribution in [0.15, 0.2) is 12.1 Å². The van der Waals surface area contributed by atoms with Crippen LogP contribution >= 0.6 is 11.6 Å². The summed E-state index contributed by atoms with van der Waals surface area (Å²) in [5.41, 5.74) is 0.743. The van der Waals surface area contributed by atoms with E-state index < -0.39 is 0 Å². The zero-order chi connectivity index (χ0) is 8.43. The second kappa shape index (κ2) is 3.01. The fraction of sp³-hybridized carbons (Fsp3) is 0.250. The molecule has 2 N–H and O–H groups in total. The Morgan fingerprint density at radius 1 is 1.27 bits per heavy atom. The van der Waals surface area contributed by atoms with Gasteiger partial charge in [-0.05, 0) is 18.1 Å². The van der Waals surface area contributed by atoms with E-state index >= 15 is 0 Å². The molecular weight excluding hydrogens is 164 g/mol. The van der Waals surface area contributed by atoms with Crippen molar-refractivity contribution in [2.45, 2.75) is 13.3 Å². The molecule has 0 aliphatic heterocycles. The predicted molar refractivity (Wildman–Crippen MR) is 44.2 cm³/mol. The van der Waals surface area contributed by atoms with Crippen LogP contribution < -0.4 is 0 Å². The maximum atomic E-state index is 9.20. The maximum Gasteiger partial charge on any atom is 0.137 e. The lowest BCUT2D eigenvalue weighted by atomic mass is 10.1. The molecule has 0 aromatic heterocycles. The van der Waals surface area contributed by atoms with Gasteiger partial charge in [-0.15, -0.1) is 0 Å². The van der Waals surface area contributed by atoms with Crippen molar-refractivity contribution in [3.05, 3.63) is 22.7 Å². The number of rotatable bonds is 1. The first-order valence-corrected chi connectivity index (χ1v) is 3.73. The minimum absolute atomic E-state index is 0.0821. The zero-order valence-corrected chi connectivity index (χ0v) is 6.89. The van der Waals surface area contributed by atoms with Gasteiger partial charge in [-0.3, -0.25) is 0 Å². The lowest BCUT2D eigenvalue weighted by Gasteiger charge is -2.02. The van der Waals surface area contributed by atoms with Crippen molar-refractivity contribution in [1.82, 2.24) is 0 Å². The molecule has 0 spiro atoms. The highest BCUT2D eigenvalue weighted by Crippen LogP contribution is 2.30. The van der Waals surface area contributed by atoms with E-state index in [-0.39, 0.29) is 16.5 Å². The fourth-order valence-corrected chi connectivity index (χ4v) is 1.06. The molecule has 0 unspecified atom stereocenters. The highest BCUT2D eigenvalue weighted by molar-refractivity contribution is 6.32. The number of halogens is 1. The summed E-state index contributed by atoms with van der Waals surface area (Å²) < 4.78 is 0. The Kier molecular flexibility index (Phi) is 2.25. The average molecular weight is 173 g/mol. The highest BCUT2D eigenvalue weighted by atomic mass is 35.5. The van der Waals surface area contributed by atoms with E-state index in [4.69, 9.17) is 16.7 Å². The lowest BCUT2D eigenvalue weighted by molar-refractivity contribution is 0.446. The quantitative estimate of drug-likeness (QED) is 0.683. The number of phenols is 2. The van der Waals surface area contributed by atoms with Gasteiger partial charge in [0.25, 0.3) is 0 Å². The summed E-state index contributed by atoms with van der Waals surface area (Å²) in [7, 11) is 0. The molecule has 3 heteroatoms. The molecule has 1 aromatic carbocycles. The van der Waals surface area contributed by atoms with E-state index in [1.54, 1.807) is 6.07 Å². The van der Waals surface area contributed by atoms with Gasteiger partial charge in [0.05, 0.1) is 5.02 Å². The molecule has 11 heavy (non-hydrogen) atoms. The van der Waals surface area contributed by atoms with Crippen molar-refractivity contribution in [1.29, 1.82) is 0 Å². The van der Waals surface area contributed by atoms with Crippen LogP contribution in [0.4, 0.5) is 0 Å². The molecule has 0 saturated carbocycles. The Balaban J connectivity index is 3.21.